The van der Waals surface area contributed by atoms with E-state index in [0.717, 1.165) is 28.3 Å². The van der Waals surface area contributed by atoms with Gasteiger partial charge in [-0.1, -0.05) is 32.0 Å². The molecule has 1 saturated heterocycles. The fourth-order valence-corrected chi connectivity index (χ4v) is 4.76. The van der Waals surface area contributed by atoms with Gasteiger partial charge in [0.25, 0.3) is 17.1 Å². The van der Waals surface area contributed by atoms with Crippen molar-refractivity contribution in [3.05, 3.63) is 87.8 Å². The normalized spacial score (nSPS) is 17.1. The van der Waals surface area contributed by atoms with E-state index in [9.17, 15) is 28.3 Å². The summed E-state index contributed by atoms with van der Waals surface area (Å²) >= 11 is 0.741. The number of hydrogen-bond donors (Lipinski definition) is 3. The van der Waals surface area contributed by atoms with Gasteiger partial charge < -0.3 is 5.11 Å². The number of fused-ring (bicyclic) bond motifs is 1. The molecule has 0 saturated carbocycles. The number of hydrogen-bond acceptors (Lipinski definition) is 7. The molecule has 5 rings (SSSR count). The van der Waals surface area contributed by atoms with Crippen molar-refractivity contribution in [3.63, 3.8) is 0 Å². The van der Waals surface area contributed by atoms with E-state index >= 15 is 0 Å². The fraction of sp³-hybridized carbons (Fsp3) is 0.111. The van der Waals surface area contributed by atoms with Crippen LogP contribution in [0.25, 0.3) is 6.08 Å². The molecule has 3 aromatic rings. The first-order valence-corrected chi connectivity index (χ1v) is 12.3. The van der Waals surface area contributed by atoms with Gasteiger partial charge in [0, 0.05) is 17.3 Å². The number of anilines is 3. The molecule has 0 bridgehead atoms. The summed E-state index contributed by atoms with van der Waals surface area (Å²) in [4.78, 5) is 37.8. The second-order valence-corrected chi connectivity index (χ2v) is 9.89. The quantitative estimate of drug-likeness (QED) is 0.223. The molecule has 0 radical (unpaired) electrons. The number of imide groups is 1. The van der Waals surface area contributed by atoms with Crippen molar-refractivity contribution in [1.82, 2.24) is 5.32 Å². The molecule has 3 aromatic carbocycles. The maximum absolute atomic E-state index is 14.9. The molecule has 8 nitrogen and oxygen atoms in total. The molecule has 0 spiro atoms. The van der Waals surface area contributed by atoms with E-state index < -0.39 is 28.7 Å². The predicted octanol–water partition coefficient (Wildman–Crippen LogP) is 5.61. The van der Waals surface area contributed by atoms with E-state index in [1.54, 1.807) is 18.2 Å². The Kier molecular flexibility index (Phi) is 6.45. The second-order valence-electron chi connectivity index (χ2n) is 8.87. The molecule has 2 aliphatic rings. The van der Waals surface area contributed by atoms with E-state index in [1.807, 2.05) is 26.0 Å². The highest BCUT2D eigenvalue weighted by Crippen LogP contribution is 2.39. The van der Waals surface area contributed by atoms with Crippen LogP contribution < -0.4 is 15.6 Å². The molecule has 1 fully saturated rings. The van der Waals surface area contributed by atoms with Crippen molar-refractivity contribution in [2.75, 3.05) is 10.3 Å². The lowest BCUT2D eigenvalue weighted by molar-refractivity contribution is -0.115. The summed E-state index contributed by atoms with van der Waals surface area (Å²) < 4.78 is 29.1. The third-order valence-corrected chi connectivity index (χ3v) is 6.79. The largest absolute Gasteiger partial charge is 0.506 e. The minimum absolute atomic E-state index is 0.0392. The van der Waals surface area contributed by atoms with Gasteiger partial charge in [-0.05, 0) is 65.2 Å². The van der Waals surface area contributed by atoms with Crippen molar-refractivity contribution < 1.29 is 28.3 Å². The molecule has 11 heteroatoms. The number of nitrogens with one attached hydrogen (secondary N) is 2. The summed E-state index contributed by atoms with van der Waals surface area (Å²) in [5.41, 5.74) is 4.15. The smallest absolute Gasteiger partial charge is 0.290 e. The number of aromatic hydroxyl groups is 1. The summed E-state index contributed by atoms with van der Waals surface area (Å²) in [5, 5.41) is 16.2. The molecule has 192 valence electrons. The van der Waals surface area contributed by atoms with Gasteiger partial charge in [0.15, 0.2) is 11.5 Å². The van der Waals surface area contributed by atoms with E-state index in [2.05, 4.69) is 15.8 Å². The summed E-state index contributed by atoms with van der Waals surface area (Å²) in [5.74, 6) is -3.01. The Labute approximate surface area is 220 Å². The van der Waals surface area contributed by atoms with Crippen LogP contribution in [0.4, 0.5) is 30.6 Å². The van der Waals surface area contributed by atoms with Crippen molar-refractivity contribution in [2.45, 2.75) is 19.8 Å². The van der Waals surface area contributed by atoms with Crippen LogP contribution in [0, 0.1) is 11.6 Å². The van der Waals surface area contributed by atoms with Gasteiger partial charge in [0.1, 0.15) is 11.6 Å². The third-order valence-electron chi connectivity index (χ3n) is 5.98. The summed E-state index contributed by atoms with van der Waals surface area (Å²) in [6.45, 7) is 4.04. The van der Waals surface area contributed by atoms with Crippen molar-refractivity contribution in [2.24, 2.45) is 5.10 Å². The number of benzene rings is 3. The Bertz CT molecular complexity index is 1570. The lowest BCUT2D eigenvalue weighted by Crippen LogP contribution is -2.26. The Morgan fingerprint density at radius 1 is 1.05 bits per heavy atom. The minimum atomic E-state index is -0.918. The highest BCUT2D eigenvalue weighted by atomic mass is 32.2. The first-order valence-electron chi connectivity index (χ1n) is 11.5. The van der Waals surface area contributed by atoms with E-state index in [1.165, 1.54) is 18.2 Å². The number of phenolic OH excluding ortho intramolecular Hbond substituents is 1. The van der Waals surface area contributed by atoms with E-state index in [-0.39, 0.29) is 39.2 Å². The fourth-order valence-electron chi connectivity index (χ4n) is 4.08. The van der Waals surface area contributed by atoms with Crippen LogP contribution in [0.1, 0.15) is 36.5 Å². The van der Waals surface area contributed by atoms with Gasteiger partial charge in [-0.3, -0.25) is 30.0 Å². The number of hydrazone groups is 1. The van der Waals surface area contributed by atoms with Crippen LogP contribution >= 0.6 is 11.8 Å². The van der Waals surface area contributed by atoms with Crippen LogP contribution in [-0.4, -0.2) is 27.9 Å². The Balaban J connectivity index is 1.47. The Hall–Kier alpha value is -4.51. The van der Waals surface area contributed by atoms with Gasteiger partial charge >= 0.3 is 0 Å². The van der Waals surface area contributed by atoms with Crippen LogP contribution in [0.15, 0.2) is 64.6 Å². The number of rotatable bonds is 5. The van der Waals surface area contributed by atoms with Gasteiger partial charge in [-0.15, -0.1) is 0 Å². The molecular weight excluding hydrogens is 514 g/mol. The maximum Gasteiger partial charge on any atom is 0.290 e. The number of nitrogens with zero attached hydrogens (tertiary/aromatic N) is 2. The van der Waals surface area contributed by atoms with E-state index in [0.29, 0.717) is 17.3 Å². The van der Waals surface area contributed by atoms with Crippen LogP contribution in [0.2, 0.25) is 0 Å². The Morgan fingerprint density at radius 2 is 1.79 bits per heavy atom. The maximum atomic E-state index is 14.9. The molecule has 0 unspecified atom stereocenters. The van der Waals surface area contributed by atoms with Crippen molar-refractivity contribution in [3.8, 4) is 5.75 Å². The number of carbonyl (C=O) groups excluding carboxylic acids is 3. The lowest BCUT2D eigenvalue weighted by Gasteiger charge is -2.18. The number of phenols is 1. The number of thioether (sulfide) groups is 1. The van der Waals surface area contributed by atoms with Gasteiger partial charge in [-0.25, -0.2) is 8.78 Å². The average molecular weight is 535 g/mol. The molecule has 0 atom stereocenters. The zero-order valence-electron chi connectivity index (χ0n) is 20.1. The predicted molar refractivity (Wildman–Crippen MR) is 141 cm³/mol. The number of carbonyl (C=O) groups is 3. The topological polar surface area (TPSA) is 111 Å². The molecule has 0 aromatic heterocycles. The second kappa shape index (κ2) is 9.75. The summed E-state index contributed by atoms with van der Waals surface area (Å²) in [6, 6.07) is 13.1. The molecule has 3 amide bonds. The molecular formula is C27H20F2N4O4S. The third kappa shape index (κ3) is 4.63. The van der Waals surface area contributed by atoms with Gasteiger partial charge in [-0.2, -0.15) is 5.10 Å². The van der Waals surface area contributed by atoms with Crippen molar-refractivity contribution >= 4 is 57.7 Å². The highest BCUT2D eigenvalue weighted by molar-refractivity contribution is 8.18. The Morgan fingerprint density at radius 3 is 2.42 bits per heavy atom. The van der Waals surface area contributed by atoms with Gasteiger partial charge in [0.2, 0.25) is 0 Å². The number of halogens is 2. The lowest BCUT2D eigenvalue weighted by atomic mass is 10.0. The van der Waals surface area contributed by atoms with Crippen LogP contribution in [0.3, 0.4) is 0 Å². The summed E-state index contributed by atoms with van der Waals surface area (Å²) in [7, 11) is 0. The van der Waals surface area contributed by atoms with Gasteiger partial charge in [0.05, 0.1) is 16.3 Å². The molecule has 3 N–H and O–H groups in total. The molecule has 2 aliphatic heterocycles. The SMILES string of the molecule is CC(C)c1ccc(N2C(=O)/C(=N\Nc3ccc(/C=C4/SC(=O)NC4=O)cc3O)c3cc(F)cc(F)c32)cc1. The van der Waals surface area contributed by atoms with Crippen LogP contribution in [0.5, 0.6) is 5.75 Å². The average Bonchev–Trinajstić information content (AvgIpc) is 3.33. The zero-order valence-corrected chi connectivity index (χ0v) is 20.9. The van der Waals surface area contributed by atoms with Crippen molar-refractivity contribution in [1.29, 1.82) is 0 Å². The molecule has 0 aliphatic carbocycles. The first-order chi connectivity index (χ1) is 18.1. The first kappa shape index (κ1) is 25.2. The van der Waals surface area contributed by atoms with E-state index in [4.69, 9.17) is 0 Å². The standard InChI is InChI=1S/C27H20F2N4O4S/c1-13(2)15-4-6-17(7-5-15)33-24-18(11-16(28)12-19(24)29)23(26(33)36)32-31-20-8-3-14(9-21(20)34)10-22-25(35)30-27(37)38-22/h3-13,31,34H,1-2H3,(H,30,35,37)/b22-10+,32-23-. The summed E-state index contributed by atoms with van der Waals surface area (Å²) in [6.07, 6.45) is 1.44. The minimum Gasteiger partial charge on any atom is -0.506 e. The zero-order chi connectivity index (χ0) is 27.1. The monoisotopic (exact) mass is 534 g/mol. The molecule has 38 heavy (non-hydrogen) atoms. The highest BCUT2D eigenvalue weighted by Gasteiger charge is 2.38. The van der Waals surface area contributed by atoms with Crippen LogP contribution in [-0.2, 0) is 9.59 Å². The number of amides is 3. The molecule has 2 heterocycles.